The number of carbonyl (C=O) groups excluding carboxylic acids is 3. The second-order valence-corrected chi connectivity index (χ2v) is 18.8. The number of aromatic nitrogens is 1. The van der Waals surface area contributed by atoms with Crippen LogP contribution in [0.5, 0.6) is 5.75 Å². The molecule has 5 N–H and O–H groups in total. The molecule has 0 bridgehead atoms. The van der Waals surface area contributed by atoms with E-state index in [1.807, 2.05) is 48.8 Å². The van der Waals surface area contributed by atoms with Crippen molar-refractivity contribution in [3.8, 4) is 16.2 Å². The molecule has 14 nitrogen and oxygen atoms in total. The van der Waals surface area contributed by atoms with Crippen molar-refractivity contribution in [1.82, 2.24) is 20.1 Å². The maximum Gasteiger partial charge on any atom is 0.243 e. The number of primary amides is 1. The van der Waals surface area contributed by atoms with E-state index in [0.29, 0.717) is 52.2 Å². The van der Waals surface area contributed by atoms with Gasteiger partial charge in [-0.3, -0.25) is 19.3 Å². The van der Waals surface area contributed by atoms with Crippen LogP contribution in [0.3, 0.4) is 0 Å². The van der Waals surface area contributed by atoms with Gasteiger partial charge >= 0.3 is 0 Å². The van der Waals surface area contributed by atoms with Crippen LogP contribution in [-0.4, -0.2) is 101 Å². The highest BCUT2D eigenvalue weighted by Crippen LogP contribution is 2.32. The van der Waals surface area contributed by atoms with Crippen LogP contribution in [0.25, 0.3) is 10.4 Å². The van der Waals surface area contributed by atoms with Crippen molar-refractivity contribution < 1.29 is 28.5 Å². The maximum atomic E-state index is 14.8. The number of amides is 3. The number of aryl methyl sites for hydroxylation is 2. The Kier molecular flexibility index (Phi) is 16.6. The van der Waals surface area contributed by atoms with Gasteiger partial charge in [-0.2, -0.15) is 0 Å². The van der Waals surface area contributed by atoms with Crippen molar-refractivity contribution in [2.24, 2.45) is 33.1 Å². The van der Waals surface area contributed by atoms with E-state index in [1.165, 1.54) is 5.56 Å². The molecule has 2 saturated heterocycles. The van der Waals surface area contributed by atoms with Crippen LogP contribution in [0.4, 0.5) is 0 Å². The smallest absolute Gasteiger partial charge is 0.243 e. The SMILES string of the molecule is Cc1ncsc1-c1ccc([C@H](CN2CCOCC2)NC(=O)[C@@H]2CCCCCN2C(=O)C(/C=[N+]2/C=C(CCCc3cccc(OC[C@@H](N)CCC(N)=O)c3C)N=N2)C(C)(C)C)cc1. The van der Waals surface area contributed by atoms with Gasteiger partial charge in [0, 0.05) is 45.1 Å². The van der Waals surface area contributed by atoms with Crippen LogP contribution in [0, 0.1) is 25.2 Å². The Bertz CT molecular complexity index is 2090. The van der Waals surface area contributed by atoms with Crippen molar-refractivity contribution in [1.29, 1.82) is 0 Å². The molecule has 0 spiro atoms. The summed E-state index contributed by atoms with van der Waals surface area (Å²) in [7, 11) is 0. The van der Waals surface area contributed by atoms with Crippen molar-refractivity contribution in [2.45, 2.75) is 111 Å². The molecule has 3 aromatic rings. The van der Waals surface area contributed by atoms with E-state index in [2.05, 4.69) is 76.6 Å². The Hall–Kier alpha value is -4.83. The van der Waals surface area contributed by atoms with E-state index >= 15 is 0 Å². The number of thiazole rings is 1. The molecular weight excluding hydrogens is 803 g/mol. The van der Waals surface area contributed by atoms with Crippen molar-refractivity contribution >= 4 is 35.3 Å². The number of nitrogens with one attached hydrogen (secondary N) is 1. The lowest BCUT2D eigenvalue weighted by Gasteiger charge is -2.36. The largest absolute Gasteiger partial charge is 0.492 e. The third-order valence-corrected chi connectivity index (χ3v) is 13.0. The Labute approximate surface area is 370 Å². The molecule has 6 rings (SSSR count). The van der Waals surface area contributed by atoms with Gasteiger partial charge in [-0.15, -0.1) is 16.0 Å². The van der Waals surface area contributed by atoms with Gasteiger partial charge in [-0.05, 0) is 79.7 Å². The molecule has 62 heavy (non-hydrogen) atoms. The number of ether oxygens (including phenoxy) is 2. The van der Waals surface area contributed by atoms with Gasteiger partial charge in [0.25, 0.3) is 0 Å². The van der Waals surface area contributed by atoms with Gasteiger partial charge in [0.2, 0.25) is 23.4 Å². The zero-order valence-corrected chi connectivity index (χ0v) is 38.0. The van der Waals surface area contributed by atoms with Crippen molar-refractivity contribution in [3.05, 3.63) is 82.3 Å². The first-order valence-electron chi connectivity index (χ1n) is 22.2. The van der Waals surface area contributed by atoms with Gasteiger partial charge in [0.15, 0.2) is 6.20 Å². The number of carbonyl (C=O) groups is 3. The number of hydrogen-bond donors (Lipinski definition) is 3. The van der Waals surface area contributed by atoms with Gasteiger partial charge in [0.1, 0.15) is 35.8 Å². The zero-order valence-electron chi connectivity index (χ0n) is 37.2. The van der Waals surface area contributed by atoms with E-state index in [9.17, 15) is 14.4 Å². The number of rotatable bonds is 18. The highest BCUT2D eigenvalue weighted by Gasteiger charge is 2.41. The molecule has 0 radical (unpaired) electrons. The lowest BCUT2D eigenvalue weighted by Crippen LogP contribution is -2.54. The molecule has 1 unspecified atom stereocenters. The first kappa shape index (κ1) is 46.7. The number of hydrogen-bond acceptors (Lipinski definition) is 11. The molecule has 3 amide bonds. The van der Waals surface area contributed by atoms with Gasteiger partial charge in [-0.25, -0.2) is 4.98 Å². The number of likely N-dealkylation sites (tertiary alicyclic amines) is 1. The average molecular weight is 869 g/mol. The standard InChI is InChI=1S/C47H65N9O5S/c1-32-34(12-10-15-42(32)61-30-37(48)20-21-43(49)57)11-9-13-38-27-55(53-52-38)28-39(47(3,4)5)46(59)56-22-8-6-7-14-41(56)45(58)51-40(29-54-23-25-60-26-24-54)35-16-18-36(19-17-35)44-33(2)50-31-62-44/h10,12,15-19,27-28,31,37,39-41H,6-9,11,13-14,20-26,29-30,48H2,1-5H3,(H2-,49,51,57,58)/p+1/b55-28-/t37-,39?,40-,41-/m0/s1. The minimum atomic E-state index is -0.591. The van der Waals surface area contributed by atoms with Crippen LogP contribution in [-0.2, 0) is 25.5 Å². The van der Waals surface area contributed by atoms with Crippen LogP contribution in [0.2, 0.25) is 0 Å². The van der Waals surface area contributed by atoms with Crippen LogP contribution in [0.1, 0.15) is 101 Å². The Morgan fingerprint density at radius 1 is 1.05 bits per heavy atom. The maximum absolute atomic E-state index is 14.8. The molecule has 334 valence electrons. The monoisotopic (exact) mass is 868 g/mol. The fraction of sp³-hybridized carbons (Fsp3) is 0.553. The van der Waals surface area contributed by atoms with E-state index in [-0.39, 0.29) is 36.2 Å². The van der Waals surface area contributed by atoms with E-state index in [0.717, 1.165) is 83.9 Å². The number of nitrogens with two attached hydrogens (primary N) is 2. The number of morpholine rings is 1. The molecule has 0 saturated carbocycles. The molecule has 4 heterocycles. The Morgan fingerprint density at radius 3 is 2.53 bits per heavy atom. The summed E-state index contributed by atoms with van der Waals surface area (Å²) in [6.07, 6.45) is 10.1. The van der Waals surface area contributed by atoms with Crippen molar-refractivity contribution in [2.75, 3.05) is 46.0 Å². The quantitative estimate of drug-likeness (QED) is 0.119. The average Bonchev–Trinajstić information content (AvgIpc) is 3.81. The van der Waals surface area contributed by atoms with E-state index in [4.69, 9.17) is 20.9 Å². The lowest BCUT2D eigenvalue weighted by atomic mass is 9.80. The molecule has 1 aromatic heterocycles. The first-order valence-corrected chi connectivity index (χ1v) is 23.1. The number of benzene rings is 2. The summed E-state index contributed by atoms with van der Waals surface area (Å²) in [6, 6.07) is 13.3. The minimum absolute atomic E-state index is 0.0722. The summed E-state index contributed by atoms with van der Waals surface area (Å²) < 4.78 is 13.3. The molecule has 3 aliphatic rings. The zero-order chi connectivity index (χ0) is 44.2. The molecule has 2 aromatic carbocycles. The highest BCUT2D eigenvalue weighted by molar-refractivity contribution is 7.13. The van der Waals surface area contributed by atoms with Crippen LogP contribution < -0.4 is 21.5 Å². The fourth-order valence-corrected chi connectivity index (χ4v) is 9.09. The Balaban J connectivity index is 1.12. The first-order chi connectivity index (χ1) is 29.8. The summed E-state index contributed by atoms with van der Waals surface area (Å²) in [4.78, 5) is 50.2. The summed E-state index contributed by atoms with van der Waals surface area (Å²) in [5.41, 5.74) is 19.0. The summed E-state index contributed by atoms with van der Waals surface area (Å²) in [5, 5.41) is 12.3. The molecule has 0 aliphatic carbocycles. The molecule has 2 fully saturated rings. The Morgan fingerprint density at radius 2 is 1.82 bits per heavy atom. The van der Waals surface area contributed by atoms with Crippen LogP contribution in [0.15, 0.2) is 70.2 Å². The minimum Gasteiger partial charge on any atom is -0.492 e. The number of nitrogens with zero attached hydrogens (tertiary/aromatic N) is 6. The molecule has 15 heteroatoms. The predicted molar refractivity (Wildman–Crippen MR) is 243 cm³/mol. The topological polar surface area (TPSA) is 181 Å². The third-order valence-electron chi connectivity index (χ3n) is 12.1. The molecule has 4 atom stereocenters. The second-order valence-electron chi connectivity index (χ2n) is 17.9. The molecular formula is C47H66N9O5S+. The normalized spacial score (nSPS) is 19.5. The summed E-state index contributed by atoms with van der Waals surface area (Å²) in [5.74, 6) is -0.329. The second kappa shape index (κ2) is 22.0. The van der Waals surface area contributed by atoms with E-state index in [1.54, 1.807) is 16.0 Å². The van der Waals surface area contributed by atoms with Gasteiger partial charge < -0.3 is 31.2 Å². The fourth-order valence-electron chi connectivity index (χ4n) is 8.28. The predicted octanol–water partition coefficient (Wildman–Crippen LogP) is 6.65. The summed E-state index contributed by atoms with van der Waals surface area (Å²) >= 11 is 1.62. The van der Waals surface area contributed by atoms with E-state index < -0.39 is 17.4 Å². The highest BCUT2D eigenvalue weighted by atomic mass is 32.1. The van der Waals surface area contributed by atoms with Crippen molar-refractivity contribution in [3.63, 3.8) is 0 Å². The molecule has 3 aliphatic heterocycles. The van der Waals surface area contributed by atoms with Gasteiger partial charge in [-0.1, -0.05) is 70.0 Å². The lowest BCUT2D eigenvalue weighted by molar-refractivity contribution is -0.461. The van der Waals surface area contributed by atoms with Crippen LogP contribution >= 0.6 is 11.3 Å². The number of allylic oxidation sites excluding steroid dienone is 1. The third kappa shape index (κ3) is 12.9. The summed E-state index contributed by atoms with van der Waals surface area (Å²) in [6.45, 7) is 14.6. The van der Waals surface area contributed by atoms with Gasteiger partial charge in [0.05, 0.1) is 40.5 Å².